The topological polar surface area (TPSA) is 143 Å². The van der Waals surface area contributed by atoms with Crippen molar-refractivity contribution in [3.63, 3.8) is 0 Å². The Morgan fingerprint density at radius 3 is 2.15 bits per heavy atom. The van der Waals surface area contributed by atoms with Crippen LogP contribution in [0, 0.1) is 44.4 Å². The van der Waals surface area contributed by atoms with Gasteiger partial charge in [-0.05, 0) is 136 Å². The maximum absolute atomic E-state index is 13.8. The number of carbonyl (C=O) groups excluding carboxylic acids is 3. The number of aliphatic hydroxyl groups is 1. The molecule has 2 aromatic heterocycles. The minimum absolute atomic E-state index is 0.0135. The molecule has 0 saturated heterocycles. The number of esters is 3. The third kappa shape index (κ3) is 10.6. The Balaban J connectivity index is 0.931. The highest BCUT2D eigenvalue weighted by Gasteiger charge is 2.45. The fraction of sp³-hybridized carbons (Fsp3) is 0.596. The molecule has 11 heteroatoms. The molecule has 0 saturated carbocycles. The van der Waals surface area contributed by atoms with Gasteiger partial charge in [-0.25, -0.2) is 9.78 Å². The molecule has 1 N–H and O–H groups in total. The predicted octanol–water partition coefficient (Wildman–Crippen LogP) is 12.0. The van der Waals surface area contributed by atoms with E-state index in [1.807, 2.05) is 27.7 Å². The molecular weight excluding hydrogens is 857 g/mol. The van der Waals surface area contributed by atoms with Gasteiger partial charge in [0.2, 0.25) is 0 Å². The van der Waals surface area contributed by atoms with Gasteiger partial charge in [0.25, 0.3) is 5.56 Å². The smallest absolute Gasteiger partial charge is 0.343 e. The Bertz CT molecular complexity index is 2630. The number of cyclic esters (lactones) is 1. The number of aryl methyl sites for hydroxylation is 1. The molecule has 5 heterocycles. The molecule has 0 aliphatic carbocycles. The van der Waals surface area contributed by atoms with Crippen LogP contribution in [0.15, 0.2) is 29.1 Å². The maximum Gasteiger partial charge on any atom is 0.343 e. The van der Waals surface area contributed by atoms with Gasteiger partial charge in [0, 0.05) is 34.9 Å². The third-order valence-corrected chi connectivity index (χ3v) is 15.4. The largest absolute Gasteiger partial charge is 0.487 e. The van der Waals surface area contributed by atoms with Crippen molar-refractivity contribution in [2.45, 2.75) is 197 Å². The summed E-state index contributed by atoms with van der Waals surface area (Å²) in [5.41, 5.74) is 5.66. The first-order valence-corrected chi connectivity index (χ1v) is 25.6. The molecule has 11 nitrogen and oxygen atoms in total. The van der Waals surface area contributed by atoms with Crippen molar-refractivity contribution in [3.05, 3.63) is 79.1 Å². The van der Waals surface area contributed by atoms with Crippen LogP contribution in [-0.4, -0.2) is 38.2 Å². The second-order valence-corrected chi connectivity index (χ2v) is 21.4. The maximum atomic E-state index is 13.8. The van der Waals surface area contributed by atoms with Gasteiger partial charge in [-0.3, -0.25) is 14.4 Å². The fourth-order valence-corrected chi connectivity index (χ4v) is 11.0. The minimum atomic E-state index is -1.91. The quantitative estimate of drug-likeness (QED) is 0.0592. The zero-order valence-corrected chi connectivity index (χ0v) is 42.7. The zero-order chi connectivity index (χ0) is 49.2. The number of rotatable bonds is 20. The molecule has 0 spiro atoms. The monoisotopic (exact) mass is 933 g/mol. The molecule has 0 fully saturated rings. The number of hydrogen-bond donors (Lipinski definition) is 1. The lowest BCUT2D eigenvalue weighted by Gasteiger charge is -2.38. The Morgan fingerprint density at radius 2 is 1.49 bits per heavy atom. The van der Waals surface area contributed by atoms with E-state index in [0.717, 1.165) is 88.0 Å². The number of pyridine rings is 2. The molecule has 68 heavy (non-hydrogen) atoms. The molecule has 2 aromatic carbocycles. The van der Waals surface area contributed by atoms with Gasteiger partial charge in [0.15, 0.2) is 5.60 Å². The van der Waals surface area contributed by atoms with E-state index in [9.17, 15) is 24.3 Å². The second kappa shape index (κ2) is 20.9. The number of hydrogen-bond acceptors (Lipinski definition) is 10. The number of aromatic nitrogens is 2. The number of benzene rings is 2. The van der Waals surface area contributed by atoms with Crippen molar-refractivity contribution < 1.29 is 38.4 Å². The molecule has 5 atom stereocenters. The Kier molecular flexibility index (Phi) is 15.6. The molecule has 0 radical (unpaired) electrons. The van der Waals surface area contributed by atoms with Crippen LogP contribution in [0.2, 0.25) is 0 Å². The summed E-state index contributed by atoms with van der Waals surface area (Å²) in [5.74, 6) is 2.24. The first-order valence-electron chi connectivity index (χ1n) is 25.6. The first-order chi connectivity index (χ1) is 32.3. The van der Waals surface area contributed by atoms with Crippen molar-refractivity contribution in [2.24, 2.45) is 23.7 Å². The number of carbonyl (C=O) groups is 3. The first kappa shape index (κ1) is 50.8. The average Bonchev–Trinajstić information content (AvgIpc) is 3.65. The highest BCUT2D eigenvalue weighted by atomic mass is 16.6. The summed E-state index contributed by atoms with van der Waals surface area (Å²) < 4.78 is 25.6. The fourth-order valence-electron chi connectivity index (χ4n) is 11.0. The van der Waals surface area contributed by atoms with E-state index in [2.05, 4.69) is 41.5 Å². The van der Waals surface area contributed by atoms with Crippen molar-refractivity contribution in [1.82, 2.24) is 9.55 Å². The van der Waals surface area contributed by atoms with Crippen LogP contribution in [0.25, 0.3) is 22.3 Å². The molecule has 4 aromatic rings. The summed E-state index contributed by atoms with van der Waals surface area (Å²) in [6.07, 6.45) is 13.9. The number of fused-ring (bicyclic) bond motifs is 6. The molecule has 1 unspecified atom stereocenters. The van der Waals surface area contributed by atoms with Crippen molar-refractivity contribution in [1.29, 1.82) is 0 Å². The summed E-state index contributed by atoms with van der Waals surface area (Å²) in [6.45, 7) is 23.4. The highest BCUT2D eigenvalue weighted by molar-refractivity contribution is 5.90. The summed E-state index contributed by atoms with van der Waals surface area (Å²) in [7, 11) is 0. The average molecular weight is 933 g/mol. The van der Waals surface area contributed by atoms with E-state index in [-0.39, 0.29) is 60.6 Å². The molecule has 3 aliphatic rings. The summed E-state index contributed by atoms with van der Waals surface area (Å²) in [4.78, 5) is 58.1. The zero-order valence-electron chi connectivity index (χ0n) is 42.7. The molecule has 0 bridgehead atoms. The summed E-state index contributed by atoms with van der Waals surface area (Å²) in [5, 5.41) is 12.1. The van der Waals surface area contributed by atoms with E-state index in [4.69, 9.17) is 23.9 Å². The van der Waals surface area contributed by atoms with E-state index in [1.165, 1.54) is 44.9 Å². The molecule has 7 rings (SSSR count). The SMILES string of the molecule is CCc1c2c(nc3ccc(OC(=O)CC(C)CC(=O)Oc4c(C)c(C)c5c(c4C)CC[C@@](C)(CCC[C@H](C)CCC[C@H](C)CCCC(C)C)O5)cc13)-c1cc3c(c(=O)n1C2)COC(=O)[C@]3(O)CC. The van der Waals surface area contributed by atoms with Gasteiger partial charge in [-0.1, -0.05) is 93.4 Å². The van der Waals surface area contributed by atoms with E-state index in [1.54, 1.807) is 35.8 Å². The van der Waals surface area contributed by atoms with Crippen LogP contribution < -0.4 is 19.8 Å². The third-order valence-electron chi connectivity index (χ3n) is 15.4. The van der Waals surface area contributed by atoms with Gasteiger partial charge in [0.05, 0.1) is 29.0 Å². The van der Waals surface area contributed by atoms with Crippen molar-refractivity contribution >= 4 is 28.8 Å². The van der Waals surface area contributed by atoms with Crippen molar-refractivity contribution in [2.75, 3.05) is 0 Å². The molecule has 3 aliphatic heterocycles. The number of ether oxygens (including phenoxy) is 4. The molecule has 368 valence electrons. The predicted molar refractivity (Wildman–Crippen MR) is 266 cm³/mol. The van der Waals surface area contributed by atoms with Gasteiger partial charge in [-0.15, -0.1) is 0 Å². The van der Waals surface area contributed by atoms with E-state index < -0.39 is 23.5 Å². The summed E-state index contributed by atoms with van der Waals surface area (Å²) >= 11 is 0. The minimum Gasteiger partial charge on any atom is -0.487 e. The Hall–Kier alpha value is -5.03. The normalized spacial score (nSPS) is 19.6. The lowest BCUT2D eigenvalue weighted by atomic mass is 9.83. The van der Waals surface area contributed by atoms with Crippen LogP contribution in [-0.2, 0) is 50.7 Å². The van der Waals surface area contributed by atoms with E-state index in [0.29, 0.717) is 34.8 Å². The van der Waals surface area contributed by atoms with Gasteiger partial charge in [0.1, 0.15) is 29.5 Å². The lowest BCUT2D eigenvalue weighted by molar-refractivity contribution is -0.172. The molecular formula is C57H76N2O9. The molecule has 0 amide bonds. The highest BCUT2D eigenvalue weighted by Crippen LogP contribution is 2.46. The van der Waals surface area contributed by atoms with Gasteiger partial charge >= 0.3 is 17.9 Å². The Labute approximate surface area is 403 Å². The van der Waals surface area contributed by atoms with Crippen LogP contribution in [0.3, 0.4) is 0 Å². The number of nitrogens with zero attached hydrogens (tertiary/aromatic N) is 2. The van der Waals surface area contributed by atoms with E-state index >= 15 is 0 Å². The second-order valence-electron chi connectivity index (χ2n) is 21.4. The lowest BCUT2D eigenvalue weighted by Crippen LogP contribution is -2.44. The van der Waals surface area contributed by atoms with Crippen LogP contribution >= 0.6 is 0 Å². The van der Waals surface area contributed by atoms with Crippen LogP contribution in [0.1, 0.15) is 183 Å². The van der Waals surface area contributed by atoms with Crippen molar-refractivity contribution in [3.8, 4) is 28.6 Å². The van der Waals surface area contributed by atoms with Gasteiger partial charge < -0.3 is 28.6 Å². The summed E-state index contributed by atoms with van der Waals surface area (Å²) in [6, 6.07) is 6.98. The van der Waals surface area contributed by atoms with Crippen LogP contribution in [0.4, 0.5) is 0 Å². The Morgan fingerprint density at radius 1 is 0.824 bits per heavy atom. The standard InChI is InChI=1S/C57H76N2O9/c1-12-41-43-29-40(22-23-47(43)58-51-44(41)31-59-48(51)30-46-45(54(59)62)32-65-55(63)57(46,64)13-2)66-49(60)27-36(7)28-50(61)67-52-37(8)38(9)53-42(39(52)10)24-26-56(11,68-53)25-16-21-35(6)20-15-19-34(5)18-14-17-33(3)4/h22-23,29-30,33-36,64H,12-21,24-28,31-32H2,1-11H3/t34-,35-,36?,56-,57+/m1/s1. The van der Waals surface area contributed by atoms with Crippen LogP contribution in [0.5, 0.6) is 17.2 Å². The van der Waals surface area contributed by atoms with Gasteiger partial charge in [-0.2, -0.15) is 0 Å².